The predicted molar refractivity (Wildman–Crippen MR) is 115 cm³/mol. The van der Waals surface area contributed by atoms with Crippen LogP contribution in [0.25, 0.3) is 0 Å². The first kappa shape index (κ1) is 22.2. The van der Waals surface area contributed by atoms with Gasteiger partial charge in [0.2, 0.25) is 0 Å². The molecule has 0 unspecified atom stereocenters. The van der Waals surface area contributed by atoms with Gasteiger partial charge in [0.1, 0.15) is 11.5 Å². The third kappa shape index (κ3) is 7.08. The summed E-state index contributed by atoms with van der Waals surface area (Å²) in [7, 11) is 0. The van der Waals surface area contributed by atoms with Gasteiger partial charge in [-0.1, -0.05) is 36.8 Å². The second kappa shape index (κ2) is 11.0. The highest BCUT2D eigenvalue weighted by Gasteiger charge is 2.14. The lowest BCUT2D eigenvalue weighted by atomic mass is 10.1. The standard InChI is InChI=1S/C21H25N3O4S/c1-4-11-27-18-8-6-5-7-16(18)20(26)22-21(29)24-23-19(25)13-28-17-10-9-14(2)12-15(17)3/h5-10,12H,4,11,13H2,1-3H3,(H,23,25)(H2,22,24,26,29). The zero-order valence-corrected chi connectivity index (χ0v) is 17.5. The third-order valence-corrected chi connectivity index (χ3v) is 4.03. The highest BCUT2D eigenvalue weighted by Crippen LogP contribution is 2.19. The monoisotopic (exact) mass is 415 g/mol. The van der Waals surface area contributed by atoms with Crippen LogP contribution in [0.1, 0.15) is 34.8 Å². The van der Waals surface area contributed by atoms with Crippen molar-refractivity contribution in [1.29, 1.82) is 0 Å². The van der Waals surface area contributed by atoms with Crippen molar-refractivity contribution >= 4 is 29.1 Å². The minimum atomic E-state index is -0.437. The first-order valence-corrected chi connectivity index (χ1v) is 9.63. The Hall–Kier alpha value is -3.13. The average molecular weight is 416 g/mol. The number of ether oxygens (including phenoxy) is 2. The van der Waals surface area contributed by atoms with Crippen LogP contribution < -0.4 is 25.6 Å². The Bertz CT molecular complexity index is 886. The van der Waals surface area contributed by atoms with E-state index in [2.05, 4.69) is 16.2 Å². The summed E-state index contributed by atoms with van der Waals surface area (Å²) in [6.07, 6.45) is 0.826. The molecule has 2 amide bonds. The van der Waals surface area contributed by atoms with Crippen LogP contribution in [0, 0.1) is 13.8 Å². The average Bonchev–Trinajstić information content (AvgIpc) is 2.70. The van der Waals surface area contributed by atoms with E-state index >= 15 is 0 Å². The van der Waals surface area contributed by atoms with Crippen LogP contribution in [-0.4, -0.2) is 30.1 Å². The van der Waals surface area contributed by atoms with Gasteiger partial charge in [-0.2, -0.15) is 0 Å². The van der Waals surface area contributed by atoms with Gasteiger partial charge in [-0.15, -0.1) is 0 Å². The molecule has 0 spiro atoms. The molecule has 0 fully saturated rings. The van der Waals surface area contributed by atoms with E-state index in [1.807, 2.05) is 39.0 Å². The molecule has 0 bridgehead atoms. The quantitative estimate of drug-likeness (QED) is 0.476. The molecular formula is C21H25N3O4S. The van der Waals surface area contributed by atoms with Crippen LogP contribution >= 0.6 is 12.2 Å². The first-order chi connectivity index (χ1) is 13.9. The fourth-order valence-electron chi connectivity index (χ4n) is 2.46. The van der Waals surface area contributed by atoms with E-state index < -0.39 is 11.8 Å². The normalized spacial score (nSPS) is 10.0. The lowest BCUT2D eigenvalue weighted by Gasteiger charge is -2.14. The molecule has 29 heavy (non-hydrogen) atoms. The minimum absolute atomic E-state index is 0.0415. The highest BCUT2D eigenvalue weighted by molar-refractivity contribution is 7.80. The molecule has 8 heteroatoms. The van der Waals surface area contributed by atoms with E-state index in [-0.39, 0.29) is 11.7 Å². The molecule has 0 aliphatic heterocycles. The molecule has 0 aromatic heterocycles. The summed E-state index contributed by atoms with van der Waals surface area (Å²) < 4.78 is 11.1. The van der Waals surface area contributed by atoms with Crippen molar-refractivity contribution < 1.29 is 19.1 Å². The van der Waals surface area contributed by atoms with Gasteiger partial charge >= 0.3 is 0 Å². The molecule has 0 aliphatic carbocycles. The van der Waals surface area contributed by atoms with Crippen molar-refractivity contribution in [1.82, 2.24) is 16.2 Å². The number of aryl methyl sites for hydroxylation is 2. The Labute approximate surface area is 175 Å². The Kier molecular flexibility index (Phi) is 8.42. The maximum Gasteiger partial charge on any atom is 0.276 e. The molecule has 0 heterocycles. The van der Waals surface area contributed by atoms with Gasteiger partial charge in [0.25, 0.3) is 11.8 Å². The predicted octanol–water partition coefficient (Wildman–Crippen LogP) is 2.81. The maximum absolute atomic E-state index is 12.4. The molecule has 154 valence electrons. The lowest BCUT2D eigenvalue weighted by Crippen LogP contribution is -2.49. The summed E-state index contributed by atoms with van der Waals surface area (Å²) in [5.41, 5.74) is 7.29. The summed E-state index contributed by atoms with van der Waals surface area (Å²) in [6.45, 7) is 6.18. The van der Waals surface area contributed by atoms with Gasteiger partial charge < -0.3 is 9.47 Å². The van der Waals surface area contributed by atoms with Crippen LogP contribution in [-0.2, 0) is 4.79 Å². The van der Waals surface area contributed by atoms with Crippen LogP contribution in [0.15, 0.2) is 42.5 Å². The van der Waals surface area contributed by atoms with Crippen LogP contribution in [0.4, 0.5) is 0 Å². The van der Waals surface area contributed by atoms with Gasteiger partial charge in [0.05, 0.1) is 12.2 Å². The van der Waals surface area contributed by atoms with Crippen molar-refractivity contribution in [2.45, 2.75) is 27.2 Å². The zero-order valence-electron chi connectivity index (χ0n) is 16.7. The summed E-state index contributed by atoms with van der Waals surface area (Å²) in [6, 6.07) is 12.6. The second-order valence-corrected chi connectivity index (χ2v) is 6.77. The Balaban J connectivity index is 1.80. The van der Waals surface area contributed by atoms with E-state index in [1.54, 1.807) is 24.3 Å². The fourth-order valence-corrected chi connectivity index (χ4v) is 2.60. The number of carbonyl (C=O) groups excluding carboxylic acids is 2. The summed E-state index contributed by atoms with van der Waals surface area (Å²) in [5, 5.41) is 2.46. The van der Waals surface area contributed by atoms with Crippen molar-refractivity contribution in [3.63, 3.8) is 0 Å². The number of hydrogen-bond acceptors (Lipinski definition) is 5. The van der Waals surface area contributed by atoms with Crippen molar-refractivity contribution in [3.05, 3.63) is 59.2 Å². The van der Waals surface area contributed by atoms with E-state index in [4.69, 9.17) is 21.7 Å². The van der Waals surface area contributed by atoms with Gasteiger partial charge in [0, 0.05) is 0 Å². The maximum atomic E-state index is 12.4. The molecule has 7 nitrogen and oxygen atoms in total. The van der Waals surface area contributed by atoms with Gasteiger partial charge in [-0.25, -0.2) is 0 Å². The largest absolute Gasteiger partial charge is 0.493 e. The van der Waals surface area contributed by atoms with E-state index in [9.17, 15) is 9.59 Å². The fraction of sp³-hybridized carbons (Fsp3) is 0.286. The second-order valence-electron chi connectivity index (χ2n) is 6.36. The number of nitrogens with one attached hydrogen (secondary N) is 3. The molecule has 0 radical (unpaired) electrons. The van der Waals surface area contributed by atoms with Crippen LogP contribution in [0.3, 0.4) is 0 Å². The number of amides is 2. The molecule has 2 rings (SSSR count). The van der Waals surface area contributed by atoms with Crippen molar-refractivity contribution in [2.75, 3.05) is 13.2 Å². The summed E-state index contributed by atoms with van der Waals surface area (Å²) in [4.78, 5) is 24.3. The Morgan fingerprint density at radius 2 is 1.76 bits per heavy atom. The summed E-state index contributed by atoms with van der Waals surface area (Å²) >= 11 is 5.05. The number of hydrogen-bond donors (Lipinski definition) is 3. The van der Waals surface area contributed by atoms with Gasteiger partial charge in [0.15, 0.2) is 11.7 Å². The molecule has 3 N–H and O–H groups in total. The molecule has 0 saturated heterocycles. The number of benzene rings is 2. The van der Waals surface area contributed by atoms with Crippen molar-refractivity contribution in [3.8, 4) is 11.5 Å². The highest BCUT2D eigenvalue weighted by atomic mass is 32.1. The van der Waals surface area contributed by atoms with E-state index in [0.29, 0.717) is 23.7 Å². The number of para-hydroxylation sites is 1. The Morgan fingerprint density at radius 1 is 1.00 bits per heavy atom. The molecule has 2 aromatic carbocycles. The first-order valence-electron chi connectivity index (χ1n) is 9.22. The topological polar surface area (TPSA) is 88.7 Å². The molecule has 2 aromatic rings. The van der Waals surface area contributed by atoms with E-state index in [1.165, 1.54) is 0 Å². The van der Waals surface area contributed by atoms with Crippen LogP contribution in [0.5, 0.6) is 11.5 Å². The smallest absolute Gasteiger partial charge is 0.276 e. The lowest BCUT2D eigenvalue weighted by molar-refractivity contribution is -0.123. The molecular weight excluding hydrogens is 390 g/mol. The van der Waals surface area contributed by atoms with Gasteiger partial charge in [-0.3, -0.25) is 25.8 Å². The van der Waals surface area contributed by atoms with Gasteiger partial charge in [-0.05, 0) is 56.2 Å². The SMILES string of the molecule is CCCOc1ccccc1C(=O)NC(=S)NNC(=O)COc1ccc(C)cc1C. The summed E-state index contributed by atoms with van der Waals surface area (Å²) in [5.74, 6) is 0.231. The minimum Gasteiger partial charge on any atom is -0.493 e. The molecule has 0 atom stereocenters. The number of thiocarbonyl (C=S) groups is 1. The zero-order chi connectivity index (χ0) is 21.2. The van der Waals surface area contributed by atoms with E-state index in [0.717, 1.165) is 17.5 Å². The molecule has 0 aliphatic rings. The molecule has 0 saturated carbocycles. The number of rotatable bonds is 7. The number of carbonyl (C=O) groups is 2. The number of hydrazine groups is 1. The Morgan fingerprint density at radius 3 is 2.48 bits per heavy atom. The van der Waals surface area contributed by atoms with Crippen molar-refractivity contribution in [2.24, 2.45) is 0 Å². The van der Waals surface area contributed by atoms with Crippen LogP contribution in [0.2, 0.25) is 0 Å². The third-order valence-electron chi connectivity index (χ3n) is 3.83.